The lowest BCUT2D eigenvalue weighted by Crippen LogP contribution is -2.48. The quantitative estimate of drug-likeness (QED) is 0.900. The molecule has 1 N–H and O–H groups in total. The topological polar surface area (TPSA) is 69.3 Å². The molecule has 136 valence electrons. The number of benzene rings is 1. The molecule has 0 saturated carbocycles. The molecule has 26 heavy (non-hydrogen) atoms. The molecule has 0 aliphatic carbocycles. The smallest absolute Gasteiger partial charge is 0.245 e. The zero-order valence-corrected chi connectivity index (χ0v) is 15.4. The molecule has 2 amide bonds. The van der Waals surface area contributed by atoms with Crippen LogP contribution in [0.15, 0.2) is 24.3 Å². The molecule has 2 aliphatic rings. The first-order valence-corrected chi connectivity index (χ1v) is 9.32. The summed E-state index contributed by atoms with van der Waals surface area (Å²) in [6.45, 7) is 3.65. The maximum absolute atomic E-state index is 12.9. The molecule has 2 aromatic rings. The summed E-state index contributed by atoms with van der Waals surface area (Å²) < 4.78 is 0. The first kappa shape index (κ1) is 17.1. The maximum atomic E-state index is 12.9. The van der Waals surface area contributed by atoms with Gasteiger partial charge in [0.05, 0.1) is 5.69 Å². The monoisotopic (exact) mass is 372 g/mol. The van der Waals surface area contributed by atoms with E-state index in [0.29, 0.717) is 31.1 Å². The van der Waals surface area contributed by atoms with Crippen LogP contribution in [0.4, 0.5) is 0 Å². The average molecular weight is 373 g/mol. The third kappa shape index (κ3) is 2.98. The number of likely N-dealkylation sites (tertiary alicyclic amines) is 1. The highest BCUT2D eigenvalue weighted by Crippen LogP contribution is 2.29. The van der Waals surface area contributed by atoms with Gasteiger partial charge < -0.3 is 9.80 Å². The van der Waals surface area contributed by atoms with Crippen LogP contribution in [0.5, 0.6) is 0 Å². The number of hydrogen-bond donors (Lipinski definition) is 1. The van der Waals surface area contributed by atoms with Crippen molar-refractivity contribution in [1.29, 1.82) is 0 Å². The molecule has 4 rings (SSSR count). The summed E-state index contributed by atoms with van der Waals surface area (Å²) in [5, 5.41) is 8.24. The Hall–Kier alpha value is -2.34. The summed E-state index contributed by atoms with van der Waals surface area (Å²) in [4.78, 5) is 28.4. The number of nitrogens with zero attached hydrogens (tertiary/aromatic N) is 3. The van der Waals surface area contributed by atoms with Crippen molar-refractivity contribution in [1.82, 2.24) is 20.0 Å². The lowest BCUT2D eigenvalue weighted by Gasteiger charge is -2.32. The van der Waals surface area contributed by atoms with Crippen molar-refractivity contribution in [3.05, 3.63) is 40.5 Å². The van der Waals surface area contributed by atoms with E-state index in [-0.39, 0.29) is 11.8 Å². The molecular weight excluding hydrogens is 352 g/mol. The Morgan fingerprint density at radius 3 is 2.69 bits per heavy atom. The van der Waals surface area contributed by atoms with E-state index < -0.39 is 6.04 Å². The van der Waals surface area contributed by atoms with Gasteiger partial charge in [0.2, 0.25) is 11.8 Å². The number of fused-ring (bicyclic) bond motifs is 1. The predicted octanol–water partition coefficient (Wildman–Crippen LogP) is 2.63. The molecule has 1 fully saturated rings. The number of nitrogens with one attached hydrogen (secondary N) is 1. The van der Waals surface area contributed by atoms with Crippen LogP contribution in [0.3, 0.4) is 0 Å². The second-order valence-electron chi connectivity index (χ2n) is 6.91. The fraction of sp³-hybridized carbons (Fsp3) is 0.421. The minimum Gasteiger partial charge on any atom is -0.336 e. The van der Waals surface area contributed by atoms with Crippen molar-refractivity contribution in [3.63, 3.8) is 0 Å². The molecule has 2 aliphatic heterocycles. The summed E-state index contributed by atoms with van der Waals surface area (Å²) in [5.74, 6) is 0.0860. The number of hydrogen-bond acceptors (Lipinski definition) is 3. The van der Waals surface area contributed by atoms with Gasteiger partial charge in [-0.05, 0) is 25.5 Å². The molecule has 3 heterocycles. The number of halogens is 1. The summed E-state index contributed by atoms with van der Waals surface area (Å²) in [5.41, 5.74) is 3.96. The summed E-state index contributed by atoms with van der Waals surface area (Å²) >= 11 is 5.98. The normalized spacial score (nSPS) is 18.2. The van der Waals surface area contributed by atoms with Crippen LogP contribution in [0.2, 0.25) is 5.02 Å². The highest BCUT2D eigenvalue weighted by molar-refractivity contribution is 6.30. The summed E-state index contributed by atoms with van der Waals surface area (Å²) in [6.07, 6.45) is 2.12. The molecule has 7 heteroatoms. The van der Waals surface area contributed by atoms with Crippen molar-refractivity contribution in [2.24, 2.45) is 0 Å². The number of amides is 2. The standard InChI is InChI=1S/C19H21ClN4O2/c1-12(24-9-2-3-17(24)25)19(26)23-10-8-16-15(11-23)18(22-21-16)13-4-6-14(20)7-5-13/h4-7,12H,2-3,8-11H2,1H3,(H,21,22)/t12-/m0/s1. The van der Waals surface area contributed by atoms with Crippen molar-refractivity contribution in [2.75, 3.05) is 13.1 Å². The minimum absolute atomic E-state index is 0.00848. The van der Waals surface area contributed by atoms with E-state index in [9.17, 15) is 9.59 Å². The number of aromatic nitrogens is 2. The Balaban J connectivity index is 1.55. The molecule has 1 aromatic carbocycles. The third-order valence-corrected chi connectivity index (χ3v) is 5.55. The van der Waals surface area contributed by atoms with Crippen molar-refractivity contribution in [3.8, 4) is 11.3 Å². The first-order valence-electron chi connectivity index (χ1n) is 8.95. The van der Waals surface area contributed by atoms with E-state index in [0.717, 1.165) is 35.4 Å². The van der Waals surface area contributed by atoms with Crippen LogP contribution in [0.25, 0.3) is 11.3 Å². The van der Waals surface area contributed by atoms with Gasteiger partial charge in [-0.1, -0.05) is 23.7 Å². The zero-order valence-electron chi connectivity index (χ0n) is 14.7. The Morgan fingerprint density at radius 2 is 2.00 bits per heavy atom. The van der Waals surface area contributed by atoms with Crippen LogP contribution < -0.4 is 0 Å². The van der Waals surface area contributed by atoms with Crippen molar-refractivity contribution in [2.45, 2.75) is 38.8 Å². The lowest BCUT2D eigenvalue weighted by molar-refractivity contribution is -0.143. The number of rotatable bonds is 3. The van der Waals surface area contributed by atoms with Crippen LogP contribution in [0.1, 0.15) is 31.0 Å². The fourth-order valence-corrected chi connectivity index (χ4v) is 3.93. The predicted molar refractivity (Wildman–Crippen MR) is 98.6 cm³/mol. The average Bonchev–Trinajstić information content (AvgIpc) is 3.27. The van der Waals surface area contributed by atoms with E-state index in [4.69, 9.17) is 11.6 Å². The SMILES string of the molecule is C[C@@H](C(=O)N1CCc2[nH]nc(-c3ccc(Cl)cc3)c2C1)N1CCCC1=O. The number of aromatic amines is 1. The van der Waals surface area contributed by atoms with Crippen LogP contribution >= 0.6 is 11.6 Å². The highest BCUT2D eigenvalue weighted by atomic mass is 35.5. The van der Waals surface area contributed by atoms with Gasteiger partial charge in [0.25, 0.3) is 0 Å². The van der Waals surface area contributed by atoms with E-state index in [1.165, 1.54) is 0 Å². The van der Waals surface area contributed by atoms with Gasteiger partial charge in [0, 0.05) is 54.3 Å². The zero-order chi connectivity index (χ0) is 18.3. The van der Waals surface area contributed by atoms with Crippen molar-refractivity contribution < 1.29 is 9.59 Å². The van der Waals surface area contributed by atoms with E-state index >= 15 is 0 Å². The fourth-order valence-electron chi connectivity index (χ4n) is 3.81. The number of carbonyl (C=O) groups excluding carboxylic acids is 2. The molecule has 1 saturated heterocycles. The van der Waals surface area contributed by atoms with Gasteiger partial charge in [-0.15, -0.1) is 0 Å². The second-order valence-corrected chi connectivity index (χ2v) is 7.35. The van der Waals surface area contributed by atoms with Crippen LogP contribution in [0, 0.1) is 0 Å². The van der Waals surface area contributed by atoms with Gasteiger partial charge in [-0.2, -0.15) is 5.10 Å². The molecule has 6 nitrogen and oxygen atoms in total. The minimum atomic E-state index is -0.405. The molecule has 1 aromatic heterocycles. The lowest BCUT2D eigenvalue weighted by atomic mass is 10.0. The van der Waals surface area contributed by atoms with Gasteiger partial charge in [0.1, 0.15) is 6.04 Å². The Bertz CT molecular complexity index is 846. The second kappa shape index (κ2) is 6.76. The number of carbonyl (C=O) groups is 2. The highest BCUT2D eigenvalue weighted by Gasteiger charge is 2.34. The molecule has 0 bridgehead atoms. The van der Waals surface area contributed by atoms with E-state index in [1.54, 1.807) is 4.90 Å². The molecule has 0 unspecified atom stereocenters. The molecule has 1 atom stereocenters. The van der Waals surface area contributed by atoms with Crippen LogP contribution in [-0.2, 0) is 22.6 Å². The van der Waals surface area contributed by atoms with Gasteiger partial charge in [0.15, 0.2) is 0 Å². The summed E-state index contributed by atoms with van der Waals surface area (Å²) in [7, 11) is 0. The Kier molecular flexibility index (Phi) is 4.44. The van der Waals surface area contributed by atoms with E-state index in [1.807, 2.05) is 36.1 Å². The third-order valence-electron chi connectivity index (χ3n) is 5.30. The Morgan fingerprint density at radius 1 is 1.23 bits per heavy atom. The largest absolute Gasteiger partial charge is 0.336 e. The summed E-state index contributed by atoms with van der Waals surface area (Å²) in [6, 6.07) is 7.14. The molecule has 0 radical (unpaired) electrons. The Labute approximate surface area is 157 Å². The van der Waals surface area contributed by atoms with Gasteiger partial charge >= 0.3 is 0 Å². The van der Waals surface area contributed by atoms with Gasteiger partial charge in [-0.25, -0.2) is 0 Å². The van der Waals surface area contributed by atoms with Gasteiger partial charge in [-0.3, -0.25) is 14.7 Å². The molecule has 0 spiro atoms. The number of H-pyrrole nitrogens is 1. The van der Waals surface area contributed by atoms with Crippen molar-refractivity contribution >= 4 is 23.4 Å². The maximum Gasteiger partial charge on any atom is 0.245 e. The van der Waals surface area contributed by atoms with E-state index in [2.05, 4.69) is 10.2 Å². The first-order chi connectivity index (χ1) is 12.5. The van der Waals surface area contributed by atoms with Crippen LogP contribution in [-0.4, -0.2) is 50.9 Å². The molecular formula is C19H21ClN4O2.